The number of aromatic amines is 1. The zero-order chi connectivity index (χ0) is 9.31. The molecule has 1 aromatic heterocycles. The van der Waals surface area contributed by atoms with Gasteiger partial charge in [0.15, 0.2) is 0 Å². The van der Waals surface area contributed by atoms with Crippen molar-refractivity contribution in [2.75, 3.05) is 6.54 Å². The van der Waals surface area contributed by atoms with Gasteiger partial charge in [-0.3, -0.25) is 0 Å². The van der Waals surface area contributed by atoms with Crippen LogP contribution in [0.3, 0.4) is 0 Å². The van der Waals surface area contributed by atoms with E-state index in [0.717, 1.165) is 19.0 Å². The molecule has 2 heteroatoms. The molecule has 0 saturated heterocycles. The second kappa shape index (κ2) is 3.18. The highest BCUT2D eigenvalue weighted by molar-refractivity contribution is 5.08. The highest BCUT2D eigenvalue weighted by Crippen LogP contribution is 2.50. The zero-order valence-electron chi connectivity index (χ0n) is 8.43. The summed E-state index contributed by atoms with van der Waals surface area (Å²) in [6.45, 7) is 6.85. The van der Waals surface area contributed by atoms with Gasteiger partial charge in [0, 0.05) is 18.9 Å². The molecule has 1 aliphatic carbocycles. The molecule has 1 saturated carbocycles. The third kappa shape index (κ3) is 2.13. The summed E-state index contributed by atoms with van der Waals surface area (Å²) in [7, 11) is 0. The van der Waals surface area contributed by atoms with Gasteiger partial charge in [-0.15, -0.1) is 0 Å². The maximum Gasteiger partial charge on any atom is 0.0220 e. The Labute approximate surface area is 79.7 Å². The summed E-state index contributed by atoms with van der Waals surface area (Å²) in [4.78, 5) is 3.06. The number of H-pyrrole nitrogens is 1. The summed E-state index contributed by atoms with van der Waals surface area (Å²) >= 11 is 0. The molecule has 1 fully saturated rings. The molecule has 1 heterocycles. The molecule has 2 rings (SSSR count). The molecule has 1 atom stereocenters. The average molecular weight is 178 g/mol. The molecule has 1 aliphatic rings. The van der Waals surface area contributed by atoms with Crippen LogP contribution in [-0.4, -0.2) is 11.5 Å². The molecule has 13 heavy (non-hydrogen) atoms. The highest BCUT2D eigenvalue weighted by Gasteiger charge is 2.44. The number of hydrogen-bond acceptors (Lipinski definition) is 1. The SMILES string of the molecule is CC1(C)CC1CNCc1cc[nH]c1. The van der Waals surface area contributed by atoms with E-state index in [0.29, 0.717) is 5.41 Å². The Bertz CT molecular complexity index is 262. The van der Waals surface area contributed by atoms with E-state index in [1.54, 1.807) is 0 Å². The Morgan fingerprint density at radius 1 is 1.62 bits per heavy atom. The van der Waals surface area contributed by atoms with Crippen molar-refractivity contribution in [2.45, 2.75) is 26.8 Å². The van der Waals surface area contributed by atoms with Gasteiger partial charge in [0.25, 0.3) is 0 Å². The van der Waals surface area contributed by atoms with Crippen molar-refractivity contribution >= 4 is 0 Å². The number of nitrogens with one attached hydrogen (secondary N) is 2. The molecular weight excluding hydrogens is 160 g/mol. The molecule has 2 N–H and O–H groups in total. The van der Waals surface area contributed by atoms with Crippen LogP contribution in [0.4, 0.5) is 0 Å². The van der Waals surface area contributed by atoms with Crippen LogP contribution >= 0.6 is 0 Å². The van der Waals surface area contributed by atoms with E-state index in [-0.39, 0.29) is 0 Å². The maximum atomic E-state index is 3.49. The summed E-state index contributed by atoms with van der Waals surface area (Å²) in [5.74, 6) is 0.895. The largest absolute Gasteiger partial charge is 0.367 e. The molecule has 2 nitrogen and oxygen atoms in total. The van der Waals surface area contributed by atoms with E-state index < -0.39 is 0 Å². The minimum atomic E-state index is 0.602. The van der Waals surface area contributed by atoms with Gasteiger partial charge in [0.2, 0.25) is 0 Å². The first-order valence-electron chi connectivity index (χ1n) is 5.01. The summed E-state index contributed by atoms with van der Waals surface area (Å²) in [5.41, 5.74) is 1.95. The quantitative estimate of drug-likeness (QED) is 0.726. The third-order valence-corrected chi connectivity index (χ3v) is 3.10. The number of rotatable bonds is 4. The summed E-state index contributed by atoms with van der Waals surface area (Å²) in [6.07, 6.45) is 5.40. The van der Waals surface area contributed by atoms with Crippen LogP contribution in [0, 0.1) is 11.3 Å². The first-order chi connectivity index (χ1) is 6.18. The van der Waals surface area contributed by atoms with Crippen molar-refractivity contribution in [3.8, 4) is 0 Å². The molecule has 0 aromatic carbocycles. The summed E-state index contributed by atoms with van der Waals surface area (Å²) in [5, 5.41) is 3.49. The van der Waals surface area contributed by atoms with Gasteiger partial charge in [-0.2, -0.15) is 0 Å². The van der Waals surface area contributed by atoms with Crippen LogP contribution in [0.1, 0.15) is 25.8 Å². The molecule has 72 valence electrons. The minimum absolute atomic E-state index is 0.602. The van der Waals surface area contributed by atoms with Crippen molar-refractivity contribution < 1.29 is 0 Å². The summed E-state index contributed by atoms with van der Waals surface area (Å²) < 4.78 is 0. The predicted molar refractivity (Wildman–Crippen MR) is 54.4 cm³/mol. The molecule has 1 aromatic rings. The van der Waals surface area contributed by atoms with E-state index in [9.17, 15) is 0 Å². The second-order valence-corrected chi connectivity index (χ2v) is 4.74. The topological polar surface area (TPSA) is 27.8 Å². The van der Waals surface area contributed by atoms with E-state index >= 15 is 0 Å². The molecule has 1 unspecified atom stereocenters. The first kappa shape index (κ1) is 8.82. The van der Waals surface area contributed by atoms with E-state index in [4.69, 9.17) is 0 Å². The fraction of sp³-hybridized carbons (Fsp3) is 0.636. The Kier molecular flexibility index (Phi) is 2.16. The van der Waals surface area contributed by atoms with E-state index in [2.05, 4.69) is 30.2 Å². The van der Waals surface area contributed by atoms with Gasteiger partial charge in [-0.05, 0) is 35.9 Å². The van der Waals surface area contributed by atoms with Gasteiger partial charge in [-0.1, -0.05) is 13.8 Å². The van der Waals surface area contributed by atoms with Crippen LogP contribution in [-0.2, 0) is 6.54 Å². The lowest BCUT2D eigenvalue weighted by molar-refractivity contribution is 0.519. The van der Waals surface area contributed by atoms with E-state index in [1.165, 1.54) is 12.0 Å². The lowest BCUT2D eigenvalue weighted by atomic mass is 10.1. The summed E-state index contributed by atoms with van der Waals surface area (Å²) in [6, 6.07) is 2.12. The van der Waals surface area contributed by atoms with Crippen LogP contribution in [0.5, 0.6) is 0 Å². The van der Waals surface area contributed by atoms with Crippen molar-refractivity contribution in [1.29, 1.82) is 0 Å². The van der Waals surface area contributed by atoms with Crippen molar-refractivity contribution in [2.24, 2.45) is 11.3 Å². The lowest BCUT2D eigenvalue weighted by Gasteiger charge is -2.04. The Balaban J connectivity index is 1.66. The zero-order valence-corrected chi connectivity index (χ0v) is 8.43. The van der Waals surface area contributed by atoms with Crippen molar-refractivity contribution in [1.82, 2.24) is 10.3 Å². The Hall–Kier alpha value is -0.760. The highest BCUT2D eigenvalue weighted by atomic mass is 14.9. The fourth-order valence-corrected chi connectivity index (χ4v) is 1.78. The van der Waals surface area contributed by atoms with Crippen LogP contribution in [0.15, 0.2) is 18.5 Å². The molecule has 0 amide bonds. The van der Waals surface area contributed by atoms with Crippen LogP contribution < -0.4 is 5.32 Å². The maximum absolute atomic E-state index is 3.49. The minimum Gasteiger partial charge on any atom is -0.367 e. The fourth-order valence-electron chi connectivity index (χ4n) is 1.78. The molecular formula is C11H18N2. The van der Waals surface area contributed by atoms with Crippen molar-refractivity contribution in [3.63, 3.8) is 0 Å². The smallest absolute Gasteiger partial charge is 0.0220 e. The van der Waals surface area contributed by atoms with Gasteiger partial charge in [-0.25, -0.2) is 0 Å². The van der Waals surface area contributed by atoms with Gasteiger partial charge >= 0.3 is 0 Å². The second-order valence-electron chi connectivity index (χ2n) is 4.74. The first-order valence-corrected chi connectivity index (χ1v) is 5.01. The van der Waals surface area contributed by atoms with Gasteiger partial charge in [0.05, 0.1) is 0 Å². The van der Waals surface area contributed by atoms with Gasteiger partial charge < -0.3 is 10.3 Å². The third-order valence-electron chi connectivity index (χ3n) is 3.10. The lowest BCUT2D eigenvalue weighted by Crippen LogP contribution is -2.17. The monoisotopic (exact) mass is 178 g/mol. The molecule has 0 radical (unpaired) electrons. The normalized spacial score (nSPS) is 24.6. The molecule has 0 aliphatic heterocycles. The Morgan fingerprint density at radius 3 is 2.92 bits per heavy atom. The van der Waals surface area contributed by atoms with Gasteiger partial charge in [0.1, 0.15) is 0 Å². The van der Waals surface area contributed by atoms with Crippen LogP contribution in [0.25, 0.3) is 0 Å². The molecule has 0 bridgehead atoms. The van der Waals surface area contributed by atoms with E-state index in [1.807, 2.05) is 12.4 Å². The predicted octanol–water partition coefficient (Wildman–Crippen LogP) is 2.15. The number of aromatic nitrogens is 1. The van der Waals surface area contributed by atoms with Crippen molar-refractivity contribution in [3.05, 3.63) is 24.0 Å². The van der Waals surface area contributed by atoms with Crippen LogP contribution in [0.2, 0.25) is 0 Å². The Morgan fingerprint density at radius 2 is 2.38 bits per heavy atom. The molecule has 0 spiro atoms. The number of hydrogen-bond donors (Lipinski definition) is 2. The average Bonchev–Trinajstić information content (AvgIpc) is 2.53. The standard InChI is InChI=1S/C11H18N2/c1-11(2)5-10(11)8-13-7-9-3-4-12-6-9/h3-4,6,10,12-13H,5,7-8H2,1-2H3.